The minimum absolute atomic E-state index is 0.286. The molecule has 6 nitrogen and oxygen atoms in total. The molecule has 0 saturated heterocycles. The maximum Gasteiger partial charge on any atom is 0.242 e. The van der Waals surface area contributed by atoms with Crippen LogP contribution in [0.4, 0.5) is 0 Å². The average molecular weight is 389 g/mol. The fourth-order valence-corrected chi connectivity index (χ4v) is 3.52. The van der Waals surface area contributed by atoms with Crippen LogP contribution in [0.25, 0.3) is 0 Å². The lowest BCUT2D eigenvalue weighted by Crippen LogP contribution is -2.36. The van der Waals surface area contributed by atoms with E-state index < -0.39 is 10.0 Å². The average Bonchev–Trinajstić information content (AvgIpc) is 2.63. The number of aliphatic imine (C=N–C) groups is 1. The van der Waals surface area contributed by atoms with Crippen molar-refractivity contribution in [1.82, 2.24) is 14.9 Å². The first-order valence-corrected chi connectivity index (χ1v) is 10.2. The highest BCUT2D eigenvalue weighted by atomic mass is 32.2. The molecule has 0 aliphatic heterocycles. The van der Waals surface area contributed by atoms with Gasteiger partial charge in [-0.1, -0.05) is 35.9 Å². The Morgan fingerprint density at radius 3 is 2.19 bits per heavy atom. The van der Waals surface area contributed by atoms with Gasteiger partial charge in [0.05, 0.1) is 4.90 Å². The summed E-state index contributed by atoms with van der Waals surface area (Å²) in [5.74, 6) is 0.694. The van der Waals surface area contributed by atoms with Gasteiger partial charge in [0, 0.05) is 34.2 Å². The summed E-state index contributed by atoms with van der Waals surface area (Å²) < 4.78 is 25.4. The van der Waals surface area contributed by atoms with Gasteiger partial charge in [-0.15, -0.1) is 0 Å². The van der Waals surface area contributed by atoms with E-state index in [1.54, 1.807) is 31.3 Å². The van der Waals surface area contributed by atoms with E-state index in [9.17, 15) is 8.42 Å². The number of sulfonamides is 1. The van der Waals surface area contributed by atoms with Gasteiger partial charge in [-0.2, -0.15) is 0 Å². The van der Waals surface area contributed by atoms with Gasteiger partial charge in [0.2, 0.25) is 10.0 Å². The predicted molar refractivity (Wildman–Crippen MR) is 110 cm³/mol. The van der Waals surface area contributed by atoms with Crippen molar-refractivity contribution in [3.8, 4) is 0 Å². The maximum atomic E-state index is 12.1. The summed E-state index contributed by atoms with van der Waals surface area (Å²) in [6.07, 6.45) is 0. The summed E-state index contributed by atoms with van der Waals surface area (Å²) in [4.78, 5) is 4.52. The van der Waals surface area contributed by atoms with Crippen LogP contribution in [-0.2, 0) is 23.1 Å². The summed E-state index contributed by atoms with van der Waals surface area (Å²) in [6.45, 7) is 5.42. The summed E-state index contributed by atoms with van der Waals surface area (Å²) in [7, 11) is 1.38. The molecule has 0 amide bonds. The van der Waals surface area contributed by atoms with Crippen LogP contribution in [0.3, 0.4) is 0 Å². The predicted octanol–water partition coefficient (Wildman–Crippen LogP) is 2.42. The summed E-state index contributed by atoms with van der Waals surface area (Å²) in [6, 6.07) is 13.2. The number of hydrogen-bond donors (Lipinski definition) is 2. The van der Waals surface area contributed by atoms with Crippen molar-refractivity contribution in [3.05, 3.63) is 64.7 Å². The van der Waals surface area contributed by atoms with Crippen LogP contribution in [0.15, 0.2) is 52.4 Å². The summed E-state index contributed by atoms with van der Waals surface area (Å²) in [5.41, 5.74) is 4.69. The van der Waals surface area contributed by atoms with E-state index in [0.717, 1.165) is 5.56 Å². The lowest BCUT2D eigenvalue weighted by atomic mass is 10.1. The molecule has 2 rings (SSSR count). The Hall–Kier alpha value is -2.38. The van der Waals surface area contributed by atoms with Crippen LogP contribution in [-0.4, -0.2) is 39.8 Å². The molecule has 146 valence electrons. The zero-order valence-corrected chi connectivity index (χ0v) is 17.4. The molecule has 0 bridgehead atoms. The zero-order valence-electron chi connectivity index (χ0n) is 16.6. The highest BCUT2D eigenvalue weighted by Gasteiger charge is 2.16. The second kappa shape index (κ2) is 9.01. The topological polar surface area (TPSA) is 73.8 Å². The molecule has 2 aromatic carbocycles. The fourth-order valence-electron chi connectivity index (χ4n) is 2.62. The third kappa shape index (κ3) is 5.55. The number of nitrogens with zero attached hydrogens (tertiary/aromatic N) is 2. The van der Waals surface area contributed by atoms with E-state index in [1.165, 1.54) is 35.1 Å². The van der Waals surface area contributed by atoms with E-state index in [0.29, 0.717) is 19.0 Å². The lowest BCUT2D eigenvalue weighted by Gasteiger charge is -2.14. The molecular formula is C20H28N4O2S. The van der Waals surface area contributed by atoms with Crippen LogP contribution >= 0.6 is 0 Å². The van der Waals surface area contributed by atoms with Gasteiger partial charge in [-0.3, -0.25) is 4.99 Å². The number of rotatable bonds is 6. The Balaban J connectivity index is 1.94. The van der Waals surface area contributed by atoms with E-state index in [2.05, 4.69) is 47.7 Å². The molecular weight excluding hydrogens is 360 g/mol. The smallest absolute Gasteiger partial charge is 0.242 e. The molecule has 0 heterocycles. The van der Waals surface area contributed by atoms with Gasteiger partial charge in [-0.05, 0) is 42.7 Å². The number of aryl methyl sites for hydroxylation is 2. The molecule has 0 atom stereocenters. The Morgan fingerprint density at radius 1 is 1.00 bits per heavy atom. The number of hydrogen-bond acceptors (Lipinski definition) is 3. The van der Waals surface area contributed by atoms with E-state index in [1.807, 2.05) is 0 Å². The van der Waals surface area contributed by atoms with Crippen LogP contribution in [0.2, 0.25) is 0 Å². The van der Waals surface area contributed by atoms with Gasteiger partial charge in [-0.25, -0.2) is 12.7 Å². The number of guanidine groups is 1. The van der Waals surface area contributed by atoms with Gasteiger partial charge < -0.3 is 10.6 Å². The largest absolute Gasteiger partial charge is 0.352 e. The minimum atomic E-state index is -3.40. The van der Waals surface area contributed by atoms with E-state index in [-0.39, 0.29) is 4.90 Å². The minimum Gasteiger partial charge on any atom is -0.352 e. The zero-order chi connectivity index (χ0) is 20.0. The molecule has 0 aliphatic rings. The molecule has 0 radical (unpaired) electrons. The molecule has 0 saturated carbocycles. The van der Waals surface area contributed by atoms with Gasteiger partial charge in [0.1, 0.15) is 0 Å². The van der Waals surface area contributed by atoms with Crippen molar-refractivity contribution >= 4 is 16.0 Å². The van der Waals surface area contributed by atoms with Crippen molar-refractivity contribution in [3.63, 3.8) is 0 Å². The van der Waals surface area contributed by atoms with Crippen LogP contribution < -0.4 is 10.6 Å². The molecule has 0 aliphatic carbocycles. The standard InChI is InChI=1S/C20H28N4O2S/c1-15-6-9-18(16(2)12-15)14-23-20(21-3)22-13-17-7-10-19(11-8-17)27(25,26)24(4)5/h6-12H,13-14H2,1-5H3,(H2,21,22,23). The maximum absolute atomic E-state index is 12.1. The molecule has 7 heteroatoms. The molecule has 0 unspecified atom stereocenters. The lowest BCUT2D eigenvalue weighted by molar-refractivity contribution is 0.520. The van der Waals surface area contributed by atoms with Gasteiger partial charge in [0.25, 0.3) is 0 Å². The first kappa shape index (κ1) is 20.9. The molecule has 0 aromatic heterocycles. The number of benzene rings is 2. The number of nitrogens with one attached hydrogen (secondary N) is 2. The SMILES string of the molecule is CN=C(NCc1ccc(S(=O)(=O)N(C)C)cc1)NCc1ccc(C)cc1C. The van der Waals surface area contributed by atoms with Crippen molar-refractivity contribution < 1.29 is 8.42 Å². The highest BCUT2D eigenvalue weighted by Crippen LogP contribution is 2.14. The van der Waals surface area contributed by atoms with Crippen LogP contribution in [0.1, 0.15) is 22.3 Å². The van der Waals surface area contributed by atoms with Crippen molar-refractivity contribution in [2.24, 2.45) is 4.99 Å². The van der Waals surface area contributed by atoms with Gasteiger partial charge in [0.15, 0.2) is 5.96 Å². The van der Waals surface area contributed by atoms with Gasteiger partial charge >= 0.3 is 0 Å². The quantitative estimate of drug-likeness (QED) is 0.589. The Morgan fingerprint density at radius 2 is 1.63 bits per heavy atom. The molecule has 0 spiro atoms. The molecule has 27 heavy (non-hydrogen) atoms. The fraction of sp³-hybridized carbons (Fsp3) is 0.350. The normalized spacial score (nSPS) is 12.3. The van der Waals surface area contributed by atoms with Crippen molar-refractivity contribution in [2.75, 3.05) is 21.1 Å². The Kier molecular flexibility index (Phi) is 6.98. The van der Waals surface area contributed by atoms with Crippen LogP contribution in [0, 0.1) is 13.8 Å². The van der Waals surface area contributed by atoms with Crippen LogP contribution in [0.5, 0.6) is 0 Å². The monoisotopic (exact) mass is 388 g/mol. The van der Waals surface area contributed by atoms with Crippen molar-refractivity contribution in [1.29, 1.82) is 0 Å². The second-order valence-corrected chi connectivity index (χ2v) is 8.79. The summed E-state index contributed by atoms with van der Waals surface area (Å²) in [5, 5.41) is 6.55. The first-order chi connectivity index (χ1) is 12.7. The third-order valence-corrected chi connectivity index (χ3v) is 6.16. The Bertz CT molecular complexity index is 904. The van der Waals surface area contributed by atoms with E-state index in [4.69, 9.17) is 0 Å². The molecule has 2 aromatic rings. The summed E-state index contributed by atoms with van der Waals surface area (Å²) >= 11 is 0. The van der Waals surface area contributed by atoms with E-state index >= 15 is 0 Å². The Labute approximate surface area is 162 Å². The second-order valence-electron chi connectivity index (χ2n) is 6.64. The highest BCUT2D eigenvalue weighted by molar-refractivity contribution is 7.89. The van der Waals surface area contributed by atoms with Crippen molar-refractivity contribution in [2.45, 2.75) is 31.8 Å². The first-order valence-electron chi connectivity index (χ1n) is 8.76. The third-order valence-electron chi connectivity index (χ3n) is 4.33. The molecule has 0 fully saturated rings. The molecule has 2 N–H and O–H groups in total.